The highest BCUT2D eigenvalue weighted by atomic mass is 16.5. The maximum absolute atomic E-state index is 6.41. The Bertz CT molecular complexity index is 577. The Labute approximate surface area is 107 Å². The van der Waals surface area contributed by atoms with E-state index >= 15 is 0 Å². The van der Waals surface area contributed by atoms with Crippen LogP contribution in [-0.4, -0.2) is 7.11 Å². The van der Waals surface area contributed by atoms with Gasteiger partial charge in [0, 0.05) is 0 Å². The van der Waals surface area contributed by atoms with Crippen molar-refractivity contribution in [2.45, 2.75) is 18.9 Å². The maximum Gasteiger partial charge on any atom is 0.119 e. The molecule has 18 heavy (non-hydrogen) atoms. The van der Waals surface area contributed by atoms with Gasteiger partial charge >= 0.3 is 0 Å². The van der Waals surface area contributed by atoms with Crippen LogP contribution >= 0.6 is 0 Å². The fourth-order valence-corrected chi connectivity index (χ4v) is 2.73. The third-order valence-corrected chi connectivity index (χ3v) is 3.74. The van der Waals surface area contributed by atoms with Crippen LogP contribution in [0.3, 0.4) is 0 Å². The summed E-state index contributed by atoms with van der Waals surface area (Å²) in [5.74, 6) is 0.909. The molecule has 0 fully saturated rings. The molecule has 2 N–H and O–H groups in total. The van der Waals surface area contributed by atoms with Gasteiger partial charge in [-0.15, -0.1) is 0 Å². The SMILES string of the molecule is COc1ccc2c(c1)CCc1ccccc1C2N. The van der Waals surface area contributed by atoms with Crippen LogP contribution in [0.25, 0.3) is 0 Å². The quantitative estimate of drug-likeness (QED) is 0.830. The lowest BCUT2D eigenvalue weighted by atomic mass is 9.95. The number of aryl methyl sites for hydroxylation is 2. The molecule has 0 spiro atoms. The van der Waals surface area contributed by atoms with Gasteiger partial charge in [0.2, 0.25) is 0 Å². The lowest BCUT2D eigenvalue weighted by Gasteiger charge is -2.16. The summed E-state index contributed by atoms with van der Waals surface area (Å²) in [7, 11) is 1.70. The molecule has 3 rings (SSSR count). The second-order valence-corrected chi connectivity index (χ2v) is 4.74. The number of fused-ring (bicyclic) bond motifs is 2. The number of ether oxygens (including phenoxy) is 1. The second kappa shape index (κ2) is 4.46. The van der Waals surface area contributed by atoms with Gasteiger partial charge in [-0.2, -0.15) is 0 Å². The highest BCUT2D eigenvalue weighted by Crippen LogP contribution is 2.32. The zero-order valence-corrected chi connectivity index (χ0v) is 10.5. The van der Waals surface area contributed by atoms with Crippen LogP contribution in [0.1, 0.15) is 28.3 Å². The van der Waals surface area contributed by atoms with E-state index in [1.807, 2.05) is 6.07 Å². The normalized spacial score (nSPS) is 17.6. The zero-order chi connectivity index (χ0) is 12.5. The number of hydrogen-bond donors (Lipinski definition) is 1. The highest BCUT2D eigenvalue weighted by molar-refractivity contribution is 5.46. The van der Waals surface area contributed by atoms with E-state index in [9.17, 15) is 0 Å². The number of methoxy groups -OCH3 is 1. The molecule has 92 valence electrons. The molecule has 2 heteroatoms. The van der Waals surface area contributed by atoms with Crippen LogP contribution in [-0.2, 0) is 12.8 Å². The van der Waals surface area contributed by atoms with Crippen LogP contribution < -0.4 is 10.5 Å². The lowest BCUT2D eigenvalue weighted by Crippen LogP contribution is -2.13. The van der Waals surface area contributed by atoms with Crippen molar-refractivity contribution in [1.82, 2.24) is 0 Å². The van der Waals surface area contributed by atoms with Gasteiger partial charge in [-0.1, -0.05) is 30.3 Å². The molecule has 0 heterocycles. The van der Waals surface area contributed by atoms with Gasteiger partial charge in [-0.3, -0.25) is 0 Å². The molecule has 2 aromatic rings. The molecule has 2 aromatic carbocycles. The van der Waals surface area contributed by atoms with E-state index in [2.05, 4.69) is 36.4 Å². The average molecular weight is 239 g/mol. The third kappa shape index (κ3) is 1.79. The van der Waals surface area contributed by atoms with Gasteiger partial charge in [0.1, 0.15) is 5.75 Å². The van der Waals surface area contributed by atoms with Crippen molar-refractivity contribution in [2.24, 2.45) is 5.73 Å². The zero-order valence-electron chi connectivity index (χ0n) is 10.5. The molecule has 0 bridgehead atoms. The molecule has 2 nitrogen and oxygen atoms in total. The Kier molecular flexibility index (Phi) is 2.80. The van der Waals surface area contributed by atoms with Gasteiger partial charge in [-0.05, 0) is 47.2 Å². The van der Waals surface area contributed by atoms with Crippen molar-refractivity contribution in [3.8, 4) is 5.75 Å². The minimum Gasteiger partial charge on any atom is -0.497 e. The standard InChI is InChI=1S/C16H17NO/c1-18-13-8-9-15-12(10-13)7-6-11-4-2-3-5-14(11)16(15)17/h2-5,8-10,16H,6-7,17H2,1H3. The van der Waals surface area contributed by atoms with Crippen molar-refractivity contribution in [3.05, 3.63) is 64.7 Å². The number of rotatable bonds is 1. The molecule has 1 atom stereocenters. The molecule has 0 saturated heterocycles. The van der Waals surface area contributed by atoms with Crippen LogP contribution in [0.5, 0.6) is 5.75 Å². The maximum atomic E-state index is 6.41. The Balaban J connectivity index is 2.11. The summed E-state index contributed by atoms with van der Waals surface area (Å²) in [4.78, 5) is 0. The number of nitrogens with two attached hydrogens (primary N) is 1. The van der Waals surface area contributed by atoms with Crippen LogP contribution in [0.15, 0.2) is 42.5 Å². The van der Waals surface area contributed by atoms with Crippen LogP contribution in [0.2, 0.25) is 0 Å². The molecular formula is C16H17NO. The van der Waals surface area contributed by atoms with E-state index in [1.54, 1.807) is 7.11 Å². The van der Waals surface area contributed by atoms with Crippen LogP contribution in [0, 0.1) is 0 Å². The molecule has 0 aliphatic heterocycles. The summed E-state index contributed by atoms with van der Waals surface area (Å²) in [6, 6.07) is 14.6. The van der Waals surface area contributed by atoms with E-state index in [-0.39, 0.29) is 6.04 Å². The summed E-state index contributed by atoms with van der Waals surface area (Å²) in [6.07, 6.45) is 2.07. The summed E-state index contributed by atoms with van der Waals surface area (Å²) < 4.78 is 5.29. The molecule has 0 radical (unpaired) electrons. The topological polar surface area (TPSA) is 35.2 Å². The predicted octanol–water partition coefficient (Wildman–Crippen LogP) is 2.84. The first-order chi connectivity index (χ1) is 8.79. The largest absolute Gasteiger partial charge is 0.497 e. The number of benzene rings is 2. The van der Waals surface area contributed by atoms with Crippen molar-refractivity contribution in [2.75, 3.05) is 7.11 Å². The summed E-state index contributed by atoms with van der Waals surface area (Å²) in [5, 5.41) is 0. The molecule has 1 aliphatic rings. The highest BCUT2D eigenvalue weighted by Gasteiger charge is 2.20. The van der Waals surface area contributed by atoms with Gasteiger partial charge in [0.25, 0.3) is 0 Å². The van der Waals surface area contributed by atoms with E-state index in [4.69, 9.17) is 10.5 Å². The fraction of sp³-hybridized carbons (Fsp3) is 0.250. The number of hydrogen-bond acceptors (Lipinski definition) is 2. The van der Waals surface area contributed by atoms with Crippen LogP contribution in [0.4, 0.5) is 0 Å². The Morgan fingerprint density at radius 2 is 1.72 bits per heavy atom. The van der Waals surface area contributed by atoms with E-state index in [0.29, 0.717) is 0 Å². The van der Waals surface area contributed by atoms with E-state index < -0.39 is 0 Å². The summed E-state index contributed by atoms with van der Waals surface area (Å²) >= 11 is 0. The molecular weight excluding hydrogens is 222 g/mol. The Hall–Kier alpha value is -1.80. The smallest absolute Gasteiger partial charge is 0.119 e. The van der Waals surface area contributed by atoms with Gasteiger partial charge in [-0.25, -0.2) is 0 Å². The van der Waals surface area contributed by atoms with Crippen molar-refractivity contribution in [1.29, 1.82) is 0 Å². The van der Waals surface area contributed by atoms with Crippen molar-refractivity contribution in [3.63, 3.8) is 0 Å². The molecule has 0 aromatic heterocycles. The first kappa shape index (κ1) is 11.3. The van der Waals surface area contributed by atoms with Crippen molar-refractivity contribution < 1.29 is 4.74 Å². The lowest BCUT2D eigenvalue weighted by molar-refractivity contribution is 0.414. The fourth-order valence-electron chi connectivity index (χ4n) is 2.73. The summed E-state index contributed by atoms with van der Waals surface area (Å²) in [6.45, 7) is 0. The monoisotopic (exact) mass is 239 g/mol. The minimum absolute atomic E-state index is 0.0235. The predicted molar refractivity (Wildman–Crippen MR) is 72.9 cm³/mol. The Morgan fingerprint density at radius 3 is 2.56 bits per heavy atom. The van der Waals surface area contributed by atoms with Gasteiger partial charge in [0.15, 0.2) is 0 Å². The molecule has 0 amide bonds. The minimum atomic E-state index is -0.0235. The second-order valence-electron chi connectivity index (χ2n) is 4.74. The average Bonchev–Trinajstić information content (AvgIpc) is 2.57. The molecule has 1 aliphatic carbocycles. The van der Waals surface area contributed by atoms with Crippen molar-refractivity contribution >= 4 is 0 Å². The first-order valence-electron chi connectivity index (χ1n) is 6.30. The van der Waals surface area contributed by atoms with E-state index in [1.165, 1.54) is 22.3 Å². The first-order valence-corrected chi connectivity index (χ1v) is 6.30. The molecule has 1 unspecified atom stereocenters. The van der Waals surface area contributed by atoms with Gasteiger partial charge in [0.05, 0.1) is 13.2 Å². The molecule has 0 saturated carbocycles. The Morgan fingerprint density at radius 1 is 1.00 bits per heavy atom. The van der Waals surface area contributed by atoms with Gasteiger partial charge < -0.3 is 10.5 Å². The summed E-state index contributed by atoms with van der Waals surface area (Å²) in [5.41, 5.74) is 11.5. The third-order valence-electron chi connectivity index (χ3n) is 3.74. The van der Waals surface area contributed by atoms with E-state index in [0.717, 1.165) is 18.6 Å².